The van der Waals surface area contributed by atoms with Crippen LogP contribution in [-0.2, 0) is 0 Å². The number of hydrogen-bond donors (Lipinski definition) is 1. The summed E-state index contributed by atoms with van der Waals surface area (Å²) in [6, 6.07) is 5.03. The highest BCUT2D eigenvalue weighted by atomic mass is 35.5. The number of aromatic hydroxyl groups is 1. The van der Waals surface area contributed by atoms with Crippen LogP contribution in [0.1, 0.15) is 102 Å². The zero-order chi connectivity index (χ0) is 18.9. The lowest BCUT2D eigenvalue weighted by Crippen LogP contribution is -1.87. The van der Waals surface area contributed by atoms with E-state index < -0.39 is 0 Å². The van der Waals surface area contributed by atoms with E-state index in [9.17, 15) is 5.11 Å². The highest BCUT2D eigenvalue weighted by molar-refractivity contribution is 6.30. The summed E-state index contributed by atoms with van der Waals surface area (Å²) in [5.41, 5.74) is 0.697. The quantitative estimate of drug-likeness (QED) is 0.229. The predicted octanol–water partition coefficient (Wildman–Crippen LogP) is 7.95. The minimum absolute atomic E-state index is 0.235. The number of phenols is 1. The van der Waals surface area contributed by atoms with Gasteiger partial charge >= 0.3 is 0 Å². The van der Waals surface area contributed by atoms with E-state index in [-0.39, 0.29) is 5.75 Å². The molecule has 1 N–H and O–H groups in total. The molecular weight excluding hydrogens is 342 g/mol. The van der Waals surface area contributed by atoms with Crippen molar-refractivity contribution < 1.29 is 5.11 Å². The van der Waals surface area contributed by atoms with E-state index in [1.54, 1.807) is 24.4 Å². The van der Waals surface area contributed by atoms with Gasteiger partial charge in [-0.15, -0.1) is 0 Å². The van der Waals surface area contributed by atoms with Gasteiger partial charge in [-0.3, -0.25) is 4.99 Å². The Hall–Kier alpha value is -1.02. The lowest BCUT2D eigenvalue weighted by atomic mass is 10.0. The van der Waals surface area contributed by atoms with Crippen molar-refractivity contribution in [2.24, 2.45) is 4.99 Å². The molecule has 0 aromatic heterocycles. The molecule has 1 aromatic rings. The third-order valence-electron chi connectivity index (χ3n) is 4.86. The smallest absolute Gasteiger partial charge is 0.124 e. The fourth-order valence-corrected chi connectivity index (χ4v) is 3.37. The van der Waals surface area contributed by atoms with E-state index in [1.165, 1.54) is 83.5 Å². The van der Waals surface area contributed by atoms with Gasteiger partial charge in [-0.05, 0) is 24.6 Å². The minimum atomic E-state index is 0.235. The van der Waals surface area contributed by atoms with Crippen LogP contribution in [0, 0.1) is 0 Å². The molecule has 0 aliphatic heterocycles. The van der Waals surface area contributed by atoms with Gasteiger partial charge in [-0.1, -0.05) is 102 Å². The Kier molecular flexibility index (Phi) is 14.3. The molecule has 0 aliphatic carbocycles. The number of phenolic OH excluding ortho intramolecular Hbond substituents is 1. The van der Waals surface area contributed by atoms with Gasteiger partial charge in [0.05, 0.1) is 0 Å². The fourth-order valence-electron chi connectivity index (χ4n) is 3.19. The van der Waals surface area contributed by atoms with E-state index in [2.05, 4.69) is 11.9 Å². The van der Waals surface area contributed by atoms with Gasteiger partial charge in [-0.25, -0.2) is 0 Å². The molecule has 0 atom stereocenters. The van der Waals surface area contributed by atoms with Crippen LogP contribution in [0.5, 0.6) is 5.75 Å². The lowest BCUT2D eigenvalue weighted by molar-refractivity contribution is 0.474. The predicted molar refractivity (Wildman–Crippen MR) is 116 cm³/mol. The highest BCUT2D eigenvalue weighted by Gasteiger charge is 1.98. The largest absolute Gasteiger partial charge is 0.507 e. The van der Waals surface area contributed by atoms with Gasteiger partial charge in [-0.2, -0.15) is 0 Å². The van der Waals surface area contributed by atoms with E-state index in [1.807, 2.05) is 0 Å². The number of benzene rings is 1. The Bertz CT molecular complexity index is 487. The second kappa shape index (κ2) is 16.2. The molecule has 0 bridgehead atoms. The molecule has 1 rings (SSSR count). The fraction of sp³-hybridized carbons (Fsp3) is 0.696. The van der Waals surface area contributed by atoms with Crippen LogP contribution >= 0.6 is 11.6 Å². The van der Waals surface area contributed by atoms with Crippen molar-refractivity contribution in [3.8, 4) is 5.75 Å². The Morgan fingerprint density at radius 3 is 1.85 bits per heavy atom. The van der Waals surface area contributed by atoms with Crippen LogP contribution in [0.25, 0.3) is 0 Å². The number of unbranched alkanes of at least 4 members (excludes halogenated alkanes) is 13. The molecule has 3 heteroatoms. The monoisotopic (exact) mass is 379 g/mol. The van der Waals surface area contributed by atoms with Crippen molar-refractivity contribution in [1.29, 1.82) is 0 Å². The maximum Gasteiger partial charge on any atom is 0.124 e. The Morgan fingerprint density at radius 1 is 0.808 bits per heavy atom. The molecule has 0 heterocycles. The molecule has 0 fully saturated rings. The summed E-state index contributed by atoms with van der Waals surface area (Å²) < 4.78 is 0. The highest BCUT2D eigenvalue weighted by Crippen LogP contribution is 2.19. The molecule has 1 aromatic carbocycles. The zero-order valence-corrected chi connectivity index (χ0v) is 17.4. The third-order valence-corrected chi connectivity index (χ3v) is 5.10. The normalized spacial score (nSPS) is 11.5. The first kappa shape index (κ1) is 23.0. The minimum Gasteiger partial charge on any atom is -0.507 e. The molecule has 0 aliphatic rings. The van der Waals surface area contributed by atoms with Gasteiger partial charge in [0.25, 0.3) is 0 Å². The number of hydrogen-bond acceptors (Lipinski definition) is 2. The number of aliphatic imine (C=N–C) groups is 1. The number of halogens is 1. The molecule has 0 radical (unpaired) electrons. The maximum atomic E-state index is 9.71. The zero-order valence-electron chi connectivity index (χ0n) is 16.7. The van der Waals surface area contributed by atoms with Gasteiger partial charge in [0, 0.05) is 23.3 Å². The second-order valence-electron chi connectivity index (χ2n) is 7.33. The number of rotatable bonds is 16. The van der Waals surface area contributed by atoms with Crippen molar-refractivity contribution in [1.82, 2.24) is 0 Å². The summed E-state index contributed by atoms with van der Waals surface area (Å²) in [7, 11) is 0. The Labute approximate surface area is 166 Å². The molecule has 0 saturated heterocycles. The molecular formula is C23H38ClNO. The maximum absolute atomic E-state index is 9.71. The molecule has 26 heavy (non-hydrogen) atoms. The van der Waals surface area contributed by atoms with Gasteiger partial charge in [0.1, 0.15) is 5.75 Å². The van der Waals surface area contributed by atoms with Crippen LogP contribution in [0.3, 0.4) is 0 Å². The molecule has 2 nitrogen and oxygen atoms in total. The van der Waals surface area contributed by atoms with Crippen LogP contribution in [-0.4, -0.2) is 17.9 Å². The van der Waals surface area contributed by atoms with Crippen molar-refractivity contribution in [3.63, 3.8) is 0 Å². The average molecular weight is 380 g/mol. The topological polar surface area (TPSA) is 32.6 Å². The first-order valence-corrected chi connectivity index (χ1v) is 11.1. The molecule has 0 amide bonds. The van der Waals surface area contributed by atoms with Crippen molar-refractivity contribution in [2.75, 3.05) is 6.54 Å². The Balaban J connectivity index is 1.86. The summed E-state index contributed by atoms with van der Waals surface area (Å²) in [4.78, 5) is 4.39. The molecule has 0 spiro atoms. The van der Waals surface area contributed by atoms with E-state index in [0.717, 1.165) is 13.0 Å². The summed E-state index contributed by atoms with van der Waals surface area (Å²) in [6.45, 7) is 3.10. The SMILES string of the molecule is CCCCCCCCCCCCCCCCN=Cc1cc(Cl)ccc1O. The summed E-state index contributed by atoms with van der Waals surface area (Å²) in [5, 5.41) is 10.3. The lowest BCUT2D eigenvalue weighted by Gasteiger charge is -2.03. The van der Waals surface area contributed by atoms with E-state index in [0.29, 0.717) is 10.6 Å². The molecule has 0 unspecified atom stereocenters. The summed E-state index contributed by atoms with van der Waals surface area (Å²) >= 11 is 5.92. The summed E-state index contributed by atoms with van der Waals surface area (Å²) in [6.07, 6.45) is 20.9. The number of nitrogens with zero attached hydrogens (tertiary/aromatic N) is 1. The van der Waals surface area contributed by atoms with Crippen molar-refractivity contribution >= 4 is 17.8 Å². The van der Waals surface area contributed by atoms with Crippen LogP contribution < -0.4 is 0 Å². The first-order chi connectivity index (χ1) is 12.7. The summed E-state index contributed by atoms with van der Waals surface area (Å²) in [5.74, 6) is 0.235. The first-order valence-electron chi connectivity index (χ1n) is 10.7. The average Bonchev–Trinajstić information content (AvgIpc) is 2.64. The van der Waals surface area contributed by atoms with Crippen molar-refractivity contribution in [3.05, 3.63) is 28.8 Å². The second-order valence-corrected chi connectivity index (χ2v) is 7.77. The van der Waals surface area contributed by atoms with Crippen LogP contribution in [0.4, 0.5) is 0 Å². The van der Waals surface area contributed by atoms with Gasteiger partial charge in [0.15, 0.2) is 0 Å². The molecule has 0 saturated carbocycles. The third kappa shape index (κ3) is 12.4. The van der Waals surface area contributed by atoms with E-state index >= 15 is 0 Å². The van der Waals surface area contributed by atoms with Crippen molar-refractivity contribution in [2.45, 2.75) is 96.8 Å². The van der Waals surface area contributed by atoms with E-state index in [4.69, 9.17) is 11.6 Å². The molecule has 148 valence electrons. The van der Waals surface area contributed by atoms with Gasteiger partial charge in [0.2, 0.25) is 0 Å². The van der Waals surface area contributed by atoms with Gasteiger partial charge < -0.3 is 5.11 Å². The van der Waals surface area contributed by atoms with Crippen LogP contribution in [0.2, 0.25) is 5.02 Å². The Morgan fingerprint density at radius 2 is 1.31 bits per heavy atom. The standard InChI is InChI=1S/C23H38ClNO/c1-2-3-4-5-6-7-8-9-10-11-12-13-14-15-18-25-20-21-19-22(24)16-17-23(21)26/h16-17,19-20,26H,2-15,18H2,1H3. The van der Waals surface area contributed by atoms with Crippen LogP contribution in [0.15, 0.2) is 23.2 Å².